The average molecular weight is 769 g/mol. The lowest BCUT2D eigenvalue weighted by molar-refractivity contribution is 0.0600. The van der Waals surface area contributed by atoms with Crippen LogP contribution in [0.5, 0.6) is 0 Å². The first-order valence-electron chi connectivity index (χ1n) is 19.3. The molecule has 0 aromatic carbocycles. The van der Waals surface area contributed by atoms with E-state index in [4.69, 9.17) is 4.74 Å². The maximum absolute atomic E-state index is 12.9. The Kier molecular flexibility index (Phi) is 15.6. The van der Waals surface area contributed by atoms with Crippen molar-refractivity contribution in [2.75, 3.05) is 58.2 Å². The van der Waals surface area contributed by atoms with Gasteiger partial charge in [0.15, 0.2) is 0 Å². The van der Waals surface area contributed by atoms with Crippen LogP contribution in [0, 0.1) is 27.7 Å². The van der Waals surface area contributed by atoms with Crippen molar-refractivity contribution >= 4 is 44.6 Å². The Morgan fingerprint density at radius 3 is 1.60 bits per heavy atom. The number of aromatic amines is 1. The van der Waals surface area contributed by atoms with Crippen LogP contribution in [0.4, 0.5) is 10.0 Å². The lowest BCUT2D eigenvalue weighted by Crippen LogP contribution is -2.42. The minimum Gasteiger partial charge on any atom is -0.465 e. The molecule has 2 aliphatic carbocycles. The van der Waals surface area contributed by atoms with Gasteiger partial charge in [0, 0.05) is 65.8 Å². The number of pyridine rings is 1. The second-order valence-corrected chi connectivity index (χ2v) is 16.9. The van der Waals surface area contributed by atoms with E-state index in [2.05, 4.69) is 71.9 Å². The third-order valence-electron chi connectivity index (χ3n) is 11.5. The summed E-state index contributed by atoms with van der Waals surface area (Å²) in [5, 5.41) is 9.27. The van der Waals surface area contributed by atoms with E-state index in [1.165, 1.54) is 68.5 Å². The number of aryl methyl sites for hydroxylation is 2. The van der Waals surface area contributed by atoms with Gasteiger partial charge in [-0.3, -0.25) is 9.59 Å². The Hall–Kier alpha value is -3.19. The normalized spacial score (nSPS) is 20.2. The van der Waals surface area contributed by atoms with Crippen LogP contribution in [-0.4, -0.2) is 99.2 Å². The first-order valence-corrected chi connectivity index (χ1v) is 21.1. The smallest absolute Gasteiger partial charge is 0.339 e. The number of anilines is 2. The minimum atomic E-state index is -0.229. The molecule has 0 radical (unpaired) electrons. The predicted molar refractivity (Wildman–Crippen MR) is 223 cm³/mol. The molecule has 0 bridgehead atoms. The Bertz CT molecular complexity index is 1710. The highest BCUT2D eigenvalue weighted by atomic mass is 32.1. The van der Waals surface area contributed by atoms with Crippen LogP contribution in [0.1, 0.15) is 114 Å². The highest BCUT2D eigenvalue weighted by Crippen LogP contribution is 2.38. The number of thiophene rings is 2. The van der Waals surface area contributed by atoms with E-state index < -0.39 is 0 Å². The van der Waals surface area contributed by atoms with Crippen LogP contribution in [0.3, 0.4) is 0 Å². The van der Waals surface area contributed by atoms with Crippen LogP contribution in [0.25, 0.3) is 0 Å². The van der Waals surface area contributed by atoms with Gasteiger partial charge in [-0.1, -0.05) is 0 Å². The summed E-state index contributed by atoms with van der Waals surface area (Å²) >= 11 is 3.32. The predicted octanol–water partition coefficient (Wildman–Crippen LogP) is 7.53. The van der Waals surface area contributed by atoms with Crippen LogP contribution < -0.4 is 20.7 Å². The summed E-state index contributed by atoms with van der Waals surface area (Å²) in [4.78, 5) is 49.4. The molecule has 0 atom stereocenters. The number of nitrogens with zero attached hydrogens (tertiary/aromatic N) is 4. The zero-order valence-electron chi connectivity index (χ0n) is 34.1. The molecule has 3 aromatic rings. The van der Waals surface area contributed by atoms with Gasteiger partial charge in [-0.05, 0) is 144 Å². The van der Waals surface area contributed by atoms with Gasteiger partial charge < -0.3 is 34.6 Å². The van der Waals surface area contributed by atoms with Gasteiger partial charge >= 0.3 is 5.97 Å². The molecule has 1 amide bonds. The van der Waals surface area contributed by atoms with E-state index >= 15 is 0 Å². The van der Waals surface area contributed by atoms with E-state index in [-0.39, 0.29) is 24.0 Å². The van der Waals surface area contributed by atoms with Gasteiger partial charge in [0.2, 0.25) is 0 Å². The molecule has 2 aliphatic rings. The average Bonchev–Trinajstić information content (AvgIpc) is 3.70. The van der Waals surface area contributed by atoms with Crippen molar-refractivity contribution in [3.63, 3.8) is 0 Å². The number of esters is 1. The molecule has 0 unspecified atom stereocenters. The van der Waals surface area contributed by atoms with Gasteiger partial charge in [-0.15, -0.1) is 22.7 Å². The molecule has 0 aliphatic heterocycles. The summed E-state index contributed by atoms with van der Waals surface area (Å²) in [6.07, 6.45) is 9.76. The lowest BCUT2D eigenvalue weighted by Gasteiger charge is -2.39. The topological polar surface area (TPSA) is 101 Å². The Morgan fingerprint density at radius 2 is 1.19 bits per heavy atom. The molecule has 0 saturated heterocycles. The SMILES string of the molecule is CCN(c1scc(C(=O)NCc2c(C)cc(C)[nH]c2=O)c1C)C1CCC(N(C)C)CC1.CCN(c1scc(C(=O)OC)c1C)C1CCC(N(C)C)CC1. The fraction of sp³-hybridized carbons (Fsp3) is 0.634. The van der Waals surface area contributed by atoms with E-state index in [1.807, 2.05) is 44.5 Å². The summed E-state index contributed by atoms with van der Waals surface area (Å²) in [5.41, 5.74) is 5.72. The number of hydrogen-bond acceptors (Lipinski definition) is 10. The van der Waals surface area contributed by atoms with Gasteiger partial charge in [-0.25, -0.2) is 4.79 Å². The third kappa shape index (κ3) is 10.3. The maximum Gasteiger partial charge on any atom is 0.339 e. The first-order chi connectivity index (χ1) is 25.2. The number of methoxy groups -OCH3 is 1. The van der Waals surface area contributed by atoms with Crippen molar-refractivity contribution in [2.24, 2.45) is 0 Å². The molecular formula is C41H64N6O4S2. The Morgan fingerprint density at radius 1 is 0.755 bits per heavy atom. The number of ether oxygens (including phenoxy) is 1. The molecule has 2 fully saturated rings. The van der Waals surface area contributed by atoms with Gasteiger partial charge in [0.05, 0.1) is 28.2 Å². The largest absolute Gasteiger partial charge is 0.465 e. The van der Waals surface area contributed by atoms with Gasteiger partial charge in [0.1, 0.15) is 0 Å². The Balaban J connectivity index is 0.000000251. The van der Waals surface area contributed by atoms with E-state index in [1.54, 1.807) is 22.7 Å². The molecule has 12 heteroatoms. The zero-order valence-corrected chi connectivity index (χ0v) is 35.7. The molecule has 3 heterocycles. The summed E-state index contributed by atoms with van der Waals surface area (Å²) in [6, 6.07) is 4.44. The number of carbonyl (C=O) groups is 2. The molecule has 294 valence electrons. The van der Waals surface area contributed by atoms with E-state index in [0.29, 0.717) is 40.9 Å². The molecule has 3 aromatic heterocycles. The molecule has 53 heavy (non-hydrogen) atoms. The van der Waals surface area contributed by atoms with Crippen molar-refractivity contribution in [3.8, 4) is 0 Å². The zero-order chi connectivity index (χ0) is 39.0. The molecule has 10 nitrogen and oxygen atoms in total. The van der Waals surface area contributed by atoms with Crippen molar-refractivity contribution in [2.45, 2.75) is 124 Å². The molecule has 2 saturated carbocycles. The number of H-pyrrole nitrogens is 1. The van der Waals surface area contributed by atoms with Crippen molar-refractivity contribution in [1.82, 2.24) is 20.1 Å². The third-order valence-corrected chi connectivity index (χ3v) is 13.7. The fourth-order valence-electron chi connectivity index (χ4n) is 8.19. The van der Waals surface area contributed by atoms with Crippen LogP contribution in [-0.2, 0) is 11.3 Å². The standard InChI is InChI=1S/C24H36N4O2S.C17H28N2O2S/c1-7-28(19-10-8-18(9-11-19)27(5)6)24-17(4)21(14-31-24)22(29)25-13-20-15(2)12-16(3)26-23(20)30;1-6-19(14-9-7-13(8-10-14)18(3)4)16-12(2)15(11-22-16)17(20)21-5/h12,14,18-19H,7-11,13H2,1-6H3,(H,25,29)(H,26,30);11,13-14H,6-10H2,1-5H3. The highest BCUT2D eigenvalue weighted by molar-refractivity contribution is 7.15. The summed E-state index contributed by atoms with van der Waals surface area (Å²) in [7, 11) is 10.1. The van der Waals surface area contributed by atoms with Crippen molar-refractivity contribution in [1.29, 1.82) is 0 Å². The second-order valence-electron chi connectivity index (χ2n) is 15.2. The summed E-state index contributed by atoms with van der Waals surface area (Å²) in [6.45, 7) is 14.4. The number of amides is 1. The van der Waals surface area contributed by atoms with Crippen LogP contribution in [0.2, 0.25) is 0 Å². The minimum absolute atomic E-state index is 0.119. The maximum atomic E-state index is 12.9. The fourth-order valence-corrected chi connectivity index (χ4v) is 10.6. The lowest BCUT2D eigenvalue weighted by atomic mass is 9.89. The number of hydrogen-bond donors (Lipinski definition) is 2. The highest BCUT2D eigenvalue weighted by Gasteiger charge is 2.30. The monoisotopic (exact) mass is 768 g/mol. The van der Waals surface area contributed by atoms with Gasteiger partial charge in [-0.2, -0.15) is 0 Å². The van der Waals surface area contributed by atoms with Gasteiger partial charge in [0.25, 0.3) is 11.5 Å². The molecule has 2 N–H and O–H groups in total. The Labute approximate surface area is 325 Å². The van der Waals surface area contributed by atoms with Crippen LogP contribution >= 0.6 is 22.7 Å². The number of nitrogens with one attached hydrogen (secondary N) is 2. The number of aromatic nitrogens is 1. The van der Waals surface area contributed by atoms with E-state index in [9.17, 15) is 14.4 Å². The number of rotatable bonds is 12. The summed E-state index contributed by atoms with van der Waals surface area (Å²) < 4.78 is 4.87. The van der Waals surface area contributed by atoms with Crippen molar-refractivity contribution < 1.29 is 14.3 Å². The van der Waals surface area contributed by atoms with Crippen LogP contribution in [0.15, 0.2) is 21.6 Å². The van der Waals surface area contributed by atoms with Crippen molar-refractivity contribution in [3.05, 3.63) is 66.3 Å². The summed E-state index contributed by atoms with van der Waals surface area (Å²) in [5.74, 6) is -0.348. The molecular weight excluding hydrogens is 705 g/mol. The quantitative estimate of drug-likeness (QED) is 0.183. The second kappa shape index (κ2) is 19.4. The molecule has 0 spiro atoms. The van der Waals surface area contributed by atoms with E-state index in [0.717, 1.165) is 35.5 Å². The first kappa shape index (κ1) is 42.6. The number of carbonyl (C=O) groups excluding carboxylic acids is 2. The molecule has 5 rings (SSSR count).